The van der Waals surface area contributed by atoms with Crippen LogP contribution in [0.15, 0.2) is 54.7 Å². The van der Waals surface area contributed by atoms with Gasteiger partial charge >= 0.3 is 18.4 Å². The lowest BCUT2D eigenvalue weighted by atomic mass is 9.90. The van der Waals surface area contributed by atoms with E-state index in [4.69, 9.17) is 14.3 Å². The molecular formula is C29H29F3N4O4. The number of piperidine rings is 1. The molecule has 0 unspecified atom stereocenters. The van der Waals surface area contributed by atoms with E-state index >= 15 is 0 Å². The first-order valence-electron chi connectivity index (χ1n) is 13.3. The Bertz CT molecular complexity index is 1390. The Morgan fingerprint density at radius 2 is 1.70 bits per heavy atom. The Balaban J connectivity index is 0.00000103. The molecule has 2 aromatic carbocycles. The van der Waals surface area contributed by atoms with Crippen LogP contribution in [0.3, 0.4) is 0 Å². The third-order valence-electron chi connectivity index (χ3n) is 7.90. The molecule has 1 amide bonds. The standard InChI is InChI=1S/C28H29F3N4O2.CO2/c29-28(30,31)21-9-10-23(24-17-32-35-13-5-4-8-25(24)35)20(16-21)18-33-14-11-27(12-15-33)19-34(26(36)37-27)22-6-2-1-3-7-22;2-1-3/h1-3,6-7,9-10,16-17H,4-5,8,11-15,18-19H2;. The van der Waals surface area contributed by atoms with Crippen molar-refractivity contribution in [1.29, 1.82) is 0 Å². The molecule has 1 spiro atoms. The molecule has 2 saturated heterocycles. The van der Waals surface area contributed by atoms with Crippen LogP contribution in [0, 0.1) is 0 Å². The van der Waals surface area contributed by atoms with E-state index in [2.05, 4.69) is 10.00 Å². The number of nitrogens with zero attached hydrogens (tertiary/aromatic N) is 4. The molecule has 4 heterocycles. The summed E-state index contributed by atoms with van der Waals surface area (Å²) in [6.07, 6.45) is 1.58. The van der Waals surface area contributed by atoms with Gasteiger partial charge in [0.15, 0.2) is 0 Å². The van der Waals surface area contributed by atoms with Crippen molar-refractivity contribution in [1.82, 2.24) is 14.7 Å². The molecule has 3 aromatic rings. The fourth-order valence-electron chi connectivity index (χ4n) is 5.86. The number of aromatic nitrogens is 2. The summed E-state index contributed by atoms with van der Waals surface area (Å²) in [6, 6.07) is 13.5. The number of anilines is 1. The first-order valence-corrected chi connectivity index (χ1v) is 13.3. The normalized spacial score (nSPS) is 18.5. The molecule has 2 fully saturated rings. The smallest absolute Gasteiger partial charge is 0.416 e. The van der Waals surface area contributed by atoms with E-state index in [1.165, 1.54) is 12.1 Å². The zero-order valence-electron chi connectivity index (χ0n) is 21.8. The summed E-state index contributed by atoms with van der Waals surface area (Å²) >= 11 is 0. The number of hydrogen-bond acceptors (Lipinski definition) is 6. The average molecular weight is 555 g/mol. The van der Waals surface area contributed by atoms with Crippen LogP contribution in [0.5, 0.6) is 0 Å². The second-order valence-electron chi connectivity index (χ2n) is 10.4. The van der Waals surface area contributed by atoms with Gasteiger partial charge in [0, 0.05) is 56.0 Å². The minimum atomic E-state index is -4.41. The number of aryl methyl sites for hydroxylation is 1. The minimum absolute atomic E-state index is 0.250. The van der Waals surface area contributed by atoms with E-state index in [9.17, 15) is 18.0 Å². The Morgan fingerprint density at radius 3 is 2.40 bits per heavy atom. The number of amides is 1. The molecule has 0 N–H and O–H groups in total. The van der Waals surface area contributed by atoms with Gasteiger partial charge in [-0.05, 0) is 54.7 Å². The Labute approximate surface area is 229 Å². The molecule has 6 rings (SSSR count). The molecule has 0 radical (unpaired) electrons. The number of halogens is 3. The fraction of sp³-hybridized carbons (Fsp3) is 0.414. The van der Waals surface area contributed by atoms with Gasteiger partial charge in [-0.25, -0.2) is 4.79 Å². The van der Waals surface area contributed by atoms with Crippen LogP contribution in [-0.4, -0.2) is 52.2 Å². The minimum Gasteiger partial charge on any atom is -0.441 e. The fourth-order valence-corrected chi connectivity index (χ4v) is 5.86. The van der Waals surface area contributed by atoms with Gasteiger partial charge in [-0.2, -0.15) is 27.9 Å². The first-order chi connectivity index (χ1) is 19.2. The lowest BCUT2D eigenvalue weighted by molar-refractivity contribution is -0.191. The zero-order chi connectivity index (χ0) is 28.3. The van der Waals surface area contributed by atoms with Gasteiger partial charge < -0.3 is 4.74 Å². The van der Waals surface area contributed by atoms with Crippen molar-refractivity contribution in [3.63, 3.8) is 0 Å². The maximum atomic E-state index is 13.6. The summed E-state index contributed by atoms with van der Waals surface area (Å²) < 4.78 is 48.7. The van der Waals surface area contributed by atoms with Gasteiger partial charge in [0.05, 0.1) is 18.3 Å². The van der Waals surface area contributed by atoms with Crippen molar-refractivity contribution in [2.24, 2.45) is 0 Å². The second-order valence-corrected chi connectivity index (χ2v) is 10.4. The molecule has 0 saturated carbocycles. The van der Waals surface area contributed by atoms with E-state index in [-0.39, 0.29) is 12.2 Å². The zero-order valence-corrected chi connectivity index (χ0v) is 21.8. The Hall–Kier alpha value is -3.95. The monoisotopic (exact) mass is 554 g/mol. The number of likely N-dealkylation sites (tertiary alicyclic amines) is 1. The van der Waals surface area contributed by atoms with E-state index in [1.807, 2.05) is 35.0 Å². The van der Waals surface area contributed by atoms with Gasteiger partial charge in [-0.3, -0.25) is 14.5 Å². The molecule has 0 aliphatic carbocycles. The van der Waals surface area contributed by atoms with Crippen molar-refractivity contribution in [2.45, 2.75) is 57.0 Å². The summed E-state index contributed by atoms with van der Waals surface area (Å²) in [5.74, 6) is 0. The van der Waals surface area contributed by atoms with Crippen molar-refractivity contribution in [2.75, 3.05) is 24.5 Å². The first kappa shape index (κ1) is 27.6. The van der Waals surface area contributed by atoms with Gasteiger partial charge in [0.25, 0.3) is 0 Å². The number of para-hydroxylation sites is 1. The molecular weight excluding hydrogens is 525 g/mol. The molecule has 0 atom stereocenters. The van der Waals surface area contributed by atoms with E-state index in [0.29, 0.717) is 44.6 Å². The summed E-state index contributed by atoms with van der Waals surface area (Å²) in [4.78, 5) is 32.7. The quantitative estimate of drug-likeness (QED) is 0.435. The lowest BCUT2D eigenvalue weighted by Gasteiger charge is -2.37. The third-order valence-corrected chi connectivity index (χ3v) is 7.90. The predicted octanol–water partition coefficient (Wildman–Crippen LogP) is 5.31. The van der Waals surface area contributed by atoms with Crippen LogP contribution < -0.4 is 4.90 Å². The Morgan fingerprint density at radius 1 is 0.975 bits per heavy atom. The lowest BCUT2D eigenvalue weighted by Crippen LogP contribution is -2.46. The number of fused-ring (bicyclic) bond motifs is 1. The molecule has 210 valence electrons. The van der Waals surface area contributed by atoms with Crippen molar-refractivity contribution >= 4 is 17.9 Å². The summed E-state index contributed by atoms with van der Waals surface area (Å²) in [5.41, 5.74) is 3.11. The largest absolute Gasteiger partial charge is 0.441 e. The molecule has 3 aliphatic rings. The van der Waals surface area contributed by atoms with Crippen LogP contribution in [0.25, 0.3) is 11.1 Å². The van der Waals surface area contributed by atoms with Crippen molar-refractivity contribution in [3.8, 4) is 11.1 Å². The van der Waals surface area contributed by atoms with E-state index in [1.54, 1.807) is 17.2 Å². The van der Waals surface area contributed by atoms with Crippen molar-refractivity contribution in [3.05, 3.63) is 71.5 Å². The average Bonchev–Trinajstić information content (AvgIpc) is 3.51. The Kier molecular flexibility index (Phi) is 7.78. The summed E-state index contributed by atoms with van der Waals surface area (Å²) in [5, 5.41) is 4.51. The summed E-state index contributed by atoms with van der Waals surface area (Å²) in [6.45, 7) is 3.00. The van der Waals surface area contributed by atoms with Gasteiger partial charge in [-0.15, -0.1) is 0 Å². The van der Waals surface area contributed by atoms with Crippen LogP contribution in [0.4, 0.5) is 23.7 Å². The molecule has 1 aromatic heterocycles. The number of alkyl halides is 3. The third kappa shape index (κ3) is 5.66. The molecule has 11 heteroatoms. The maximum Gasteiger partial charge on any atom is 0.416 e. The van der Waals surface area contributed by atoms with Crippen molar-refractivity contribution < 1.29 is 32.3 Å². The van der Waals surface area contributed by atoms with Crippen LogP contribution >= 0.6 is 0 Å². The predicted molar refractivity (Wildman–Crippen MR) is 138 cm³/mol. The maximum absolute atomic E-state index is 13.6. The number of carbonyl (C=O) groups is 1. The molecule has 0 bridgehead atoms. The van der Waals surface area contributed by atoms with Gasteiger partial charge in [0.1, 0.15) is 5.60 Å². The summed E-state index contributed by atoms with van der Waals surface area (Å²) in [7, 11) is 0. The highest BCUT2D eigenvalue weighted by molar-refractivity contribution is 5.90. The number of benzene rings is 2. The topological polar surface area (TPSA) is 84.7 Å². The SMILES string of the molecule is O=C1OC2(CCN(Cc3cc(C(F)(F)F)ccc3-c3cnn4c3CCCC4)CC2)CN1c1ccccc1.O=C=O. The van der Waals surface area contributed by atoms with Crippen LogP contribution in [-0.2, 0) is 40.0 Å². The molecule has 40 heavy (non-hydrogen) atoms. The van der Waals surface area contributed by atoms with Crippen LogP contribution in [0.1, 0.15) is 42.5 Å². The number of hydrogen-bond donors (Lipinski definition) is 0. The highest BCUT2D eigenvalue weighted by Crippen LogP contribution is 2.39. The highest BCUT2D eigenvalue weighted by atomic mass is 19.4. The molecule has 8 nitrogen and oxygen atoms in total. The van der Waals surface area contributed by atoms with Gasteiger partial charge in [-0.1, -0.05) is 24.3 Å². The molecule has 3 aliphatic heterocycles. The highest BCUT2D eigenvalue weighted by Gasteiger charge is 2.47. The van der Waals surface area contributed by atoms with E-state index in [0.717, 1.165) is 48.3 Å². The van der Waals surface area contributed by atoms with Crippen LogP contribution in [0.2, 0.25) is 0 Å². The number of rotatable bonds is 4. The van der Waals surface area contributed by atoms with E-state index < -0.39 is 17.3 Å². The van der Waals surface area contributed by atoms with Gasteiger partial charge in [0.2, 0.25) is 0 Å². The number of carbonyl (C=O) groups excluding carboxylic acids is 3. The number of ether oxygens (including phenoxy) is 1. The second kappa shape index (κ2) is 11.3.